The van der Waals surface area contributed by atoms with Gasteiger partial charge in [0.05, 0.1) is 30.1 Å². The van der Waals surface area contributed by atoms with Crippen LogP contribution in [0.4, 0.5) is 10.1 Å². The van der Waals surface area contributed by atoms with Gasteiger partial charge in [0.1, 0.15) is 11.6 Å². The fourth-order valence-corrected chi connectivity index (χ4v) is 2.41. The number of para-hydroxylation sites is 2. The minimum absolute atomic E-state index is 0.170. The van der Waals surface area contributed by atoms with Gasteiger partial charge in [0, 0.05) is 11.3 Å². The van der Waals surface area contributed by atoms with E-state index >= 15 is 0 Å². The SMILES string of the molecule is N#CCc1nc2ccccc2n1Cc1c(N)cccc1F. The number of hydrogen-bond donors (Lipinski definition) is 1. The van der Waals surface area contributed by atoms with Crippen LogP contribution in [0.2, 0.25) is 0 Å². The van der Waals surface area contributed by atoms with Gasteiger partial charge in [-0.15, -0.1) is 0 Å². The number of nitrogens with zero attached hydrogens (tertiary/aromatic N) is 3. The summed E-state index contributed by atoms with van der Waals surface area (Å²) in [6, 6.07) is 14.3. The minimum atomic E-state index is -0.351. The first-order valence-corrected chi connectivity index (χ1v) is 6.54. The molecule has 1 heterocycles. The Balaban J connectivity index is 2.15. The molecule has 0 atom stereocenters. The molecule has 5 heteroatoms. The van der Waals surface area contributed by atoms with Crippen LogP contribution >= 0.6 is 0 Å². The van der Waals surface area contributed by atoms with Crippen molar-refractivity contribution < 1.29 is 4.39 Å². The highest BCUT2D eigenvalue weighted by Gasteiger charge is 2.14. The number of nitrogens with two attached hydrogens (primary N) is 1. The fraction of sp³-hybridized carbons (Fsp3) is 0.125. The third-order valence-electron chi connectivity index (χ3n) is 3.44. The molecule has 0 saturated carbocycles. The molecule has 0 saturated heterocycles. The number of aromatic nitrogens is 2. The van der Waals surface area contributed by atoms with E-state index in [4.69, 9.17) is 11.0 Å². The van der Waals surface area contributed by atoms with Crippen LogP contribution in [0.1, 0.15) is 11.4 Å². The number of nitriles is 1. The molecule has 0 spiro atoms. The van der Waals surface area contributed by atoms with Crippen LogP contribution in [-0.4, -0.2) is 9.55 Å². The second-order valence-corrected chi connectivity index (χ2v) is 4.75. The first-order chi connectivity index (χ1) is 10.2. The Morgan fingerprint density at radius 1 is 1.19 bits per heavy atom. The van der Waals surface area contributed by atoms with Crippen LogP contribution in [0.15, 0.2) is 42.5 Å². The van der Waals surface area contributed by atoms with Gasteiger partial charge in [-0.05, 0) is 24.3 Å². The Hall–Kier alpha value is -2.87. The maximum absolute atomic E-state index is 14.0. The Morgan fingerprint density at radius 3 is 2.76 bits per heavy atom. The maximum atomic E-state index is 14.0. The molecule has 0 aliphatic rings. The lowest BCUT2D eigenvalue weighted by Crippen LogP contribution is -2.08. The molecule has 0 radical (unpaired) electrons. The number of rotatable bonds is 3. The van der Waals surface area contributed by atoms with Gasteiger partial charge in [-0.3, -0.25) is 0 Å². The molecule has 0 aliphatic heterocycles. The number of imidazole rings is 1. The molecule has 0 unspecified atom stereocenters. The molecule has 3 aromatic rings. The van der Waals surface area contributed by atoms with Crippen molar-refractivity contribution >= 4 is 16.7 Å². The zero-order valence-electron chi connectivity index (χ0n) is 11.3. The van der Waals surface area contributed by atoms with Crippen LogP contribution < -0.4 is 5.73 Å². The smallest absolute Gasteiger partial charge is 0.130 e. The molecule has 1 aromatic heterocycles. The van der Waals surface area contributed by atoms with E-state index in [1.54, 1.807) is 12.1 Å². The van der Waals surface area contributed by atoms with Gasteiger partial charge in [0.2, 0.25) is 0 Å². The van der Waals surface area contributed by atoms with E-state index in [9.17, 15) is 4.39 Å². The third-order valence-corrected chi connectivity index (χ3v) is 3.44. The average molecular weight is 280 g/mol. The minimum Gasteiger partial charge on any atom is -0.398 e. The number of halogens is 1. The van der Waals surface area contributed by atoms with Crippen LogP contribution in [-0.2, 0) is 13.0 Å². The van der Waals surface area contributed by atoms with Crippen molar-refractivity contribution in [2.45, 2.75) is 13.0 Å². The Bertz CT molecular complexity index is 825. The average Bonchev–Trinajstić information content (AvgIpc) is 2.81. The van der Waals surface area contributed by atoms with Gasteiger partial charge in [0.15, 0.2) is 0 Å². The molecule has 0 aliphatic carbocycles. The van der Waals surface area contributed by atoms with Crippen molar-refractivity contribution in [2.24, 2.45) is 0 Å². The summed E-state index contributed by atoms with van der Waals surface area (Å²) >= 11 is 0. The molecule has 0 bridgehead atoms. The largest absolute Gasteiger partial charge is 0.398 e. The zero-order valence-corrected chi connectivity index (χ0v) is 11.3. The zero-order chi connectivity index (χ0) is 14.8. The topological polar surface area (TPSA) is 67.6 Å². The van der Waals surface area contributed by atoms with Crippen molar-refractivity contribution in [1.82, 2.24) is 9.55 Å². The molecule has 21 heavy (non-hydrogen) atoms. The molecular formula is C16H13FN4. The Morgan fingerprint density at radius 2 is 2.00 bits per heavy atom. The number of fused-ring (bicyclic) bond motifs is 1. The van der Waals surface area contributed by atoms with Crippen molar-refractivity contribution in [1.29, 1.82) is 5.26 Å². The summed E-state index contributed by atoms with van der Waals surface area (Å²) in [5.74, 6) is 0.261. The highest BCUT2D eigenvalue weighted by Crippen LogP contribution is 2.22. The number of nitrogen functional groups attached to an aromatic ring is 1. The molecule has 0 amide bonds. The maximum Gasteiger partial charge on any atom is 0.130 e. The highest BCUT2D eigenvalue weighted by atomic mass is 19.1. The summed E-state index contributed by atoms with van der Waals surface area (Å²) in [6.07, 6.45) is 0.170. The van der Waals surface area contributed by atoms with E-state index in [1.807, 2.05) is 28.8 Å². The number of anilines is 1. The van der Waals surface area contributed by atoms with Crippen LogP contribution in [0.3, 0.4) is 0 Å². The molecular weight excluding hydrogens is 267 g/mol. The van der Waals surface area contributed by atoms with Crippen molar-refractivity contribution in [2.75, 3.05) is 5.73 Å². The van der Waals surface area contributed by atoms with E-state index < -0.39 is 0 Å². The molecule has 4 nitrogen and oxygen atoms in total. The lowest BCUT2D eigenvalue weighted by atomic mass is 10.1. The third kappa shape index (κ3) is 2.32. The predicted molar refractivity (Wildman–Crippen MR) is 79.0 cm³/mol. The summed E-state index contributed by atoms with van der Waals surface area (Å²) < 4.78 is 15.8. The van der Waals surface area contributed by atoms with Crippen LogP contribution in [0, 0.1) is 17.1 Å². The summed E-state index contributed by atoms with van der Waals surface area (Å²) in [4.78, 5) is 4.44. The quantitative estimate of drug-likeness (QED) is 0.750. The normalized spacial score (nSPS) is 10.7. The lowest BCUT2D eigenvalue weighted by Gasteiger charge is -2.11. The van der Waals surface area contributed by atoms with Crippen LogP contribution in [0.5, 0.6) is 0 Å². The second-order valence-electron chi connectivity index (χ2n) is 4.75. The van der Waals surface area contributed by atoms with Gasteiger partial charge in [-0.2, -0.15) is 5.26 Å². The fourth-order valence-electron chi connectivity index (χ4n) is 2.41. The monoisotopic (exact) mass is 280 g/mol. The summed E-state index contributed by atoms with van der Waals surface area (Å²) in [6.45, 7) is 0.260. The Labute approximate surface area is 121 Å². The summed E-state index contributed by atoms with van der Waals surface area (Å²) in [7, 11) is 0. The van der Waals surface area contributed by atoms with Crippen LogP contribution in [0.25, 0.3) is 11.0 Å². The standard InChI is InChI=1S/C16H13FN4/c17-12-4-3-5-13(19)11(12)10-21-15-7-2-1-6-14(15)20-16(21)8-9-18/h1-7H,8,10,19H2. The van der Waals surface area contributed by atoms with E-state index in [0.29, 0.717) is 17.1 Å². The van der Waals surface area contributed by atoms with E-state index in [0.717, 1.165) is 11.0 Å². The van der Waals surface area contributed by atoms with Gasteiger partial charge in [-0.25, -0.2) is 9.37 Å². The van der Waals surface area contributed by atoms with E-state index in [2.05, 4.69) is 11.1 Å². The van der Waals surface area contributed by atoms with Crippen molar-refractivity contribution in [3.8, 4) is 6.07 Å². The van der Waals surface area contributed by atoms with Crippen molar-refractivity contribution in [3.05, 3.63) is 59.7 Å². The molecule has 2 N–H and O–H groups in total. The number of hydrogen-bond acceptors (Lipinski definition) is 3. The molecule has 0 fully saturated rings. The van der Waals surface area contributed by atoms with E-state index in [-0.39, 0.29) is 18.8 Å². The molecule has 2 aromatic carbocycles. The van der Waals surface area contributed by atoms with Crippen molar-refractivity contribution in [3.63, 3.8) is 0 Å². The first-order valence-electron chi connectivity index (χ1n) is 6.54. The summed E-state index contributed by atoms with van der Waals surface area (Å²) in [5.41, 5.74) is 8.34. The van der Waals surface area contributed by atoms with Gasteiger partial charge < -0.3 is 10.3 Å². The number of benzene rings is 2. The van der Waals surface area contributed by atoms with E-state index in [1.165, 1.54) is 6.07 Å². The molecule has 3 rings (SSSR count). The van der Waals surface area contributed by atoms with Gasteiger partial charge in [0.25, 0.3) is 0 Å². The second kappa shape index (κ2) is 5.25. The lowest BCUT2D eigenvalue weighted by molar-refractivity contribution is 0.600. The Kier molecular flexibility index (Phi) is 3.28. The highest BCUT2D eigenvalue weighted by molar-refractivity contribution is 5.76. The van der Waals surface area contributed by atoms with Gasteiger partial charge >= 0.3 is 0 Å². The molecule has 104 valence electrons. The van der Waals surface area contributed by atoms with Gasteiger partial charge in [-0.1, -0.05) is 18.2 Å². The predicted octanol–water partition coefficient (Wildman–Crippen LogP) is 2.87. The summed E-state index contributed by atoms with van der Waals surface area (Å²) in [5, 5.41) is 8.94. The first kappa shape index (κ1) is 13.1.